The van der Waals surface area contributed by atoms with Gasteiger partial charge in [-0.1, -0.05) is 48.5 Å². The highest BCUT2D eigenvalue weighted by Gasteiger charge is 2.11. The standard InChI is InChI=1S/C16H17N.BrH/c1-17-11-9-14(10-12-17)16-8-4-6-13-5-2-3-7-15(13)16;/h2-9H,10-12H2,1H3;1H. The van der Waals surface area contributed by atoms with Crippen LogP contribution < -0.4 is 0 Å². The van der Waals surface area contributed by atoms with E-state index in [-0.39, 0.29) is 17.0 Å². The first-order chi connectivity index (χ1) is 8.34. The van der Waals surface area contributed by atoms with Gasteiger partial charge in [0.15, 0.2) is 0 Å². The van der Waals surface area contributed by atoms with Gasteiger partial charge in [-0.3, -0.25) is 0 Å². The molecule has 0 radical (unpaired) electrons. The third-order valence-corrected chi connectivity index (χ3v) is 3.55. The molecule has 1 heterocycles. The molecule has 94 valence electrons. The molecular formula is C16H18BrN. The molecule has 0 N–H and O–H groups in total. The van der Waals surface area contributed by atoms with Crippen LogP contribution in [0.2, 0.25) is 0 Å². The summed E-state index contributed by atoms with van der Waals surface area (Å²) >= 11 is 0. The summed E-state index contributed by atoms with van der Waals surface area (Å²) in [6, 6.07) is 15.2. The molecule has 18 heavy (non-hydrogen) atoms. The number of hydrogen-bond donors (Lipinski definition) is 0. The Kier molecular flexibility index (Phi) is 4.20. The van der Waals surface area contributed by atoms with Crippen molar-refractivity contribution in [2.24, 2.45) is 0 Å². The second kappa shape index (κ2) is 5.68. The maximum atomic E-state index is 2.37. The Morgan fingerprint density at radius 1 is 1.00 bits per heavy atom. The Hall–Kier alpha value is -1.12. The minimum atomic E-state index is 0. The Morgan fingerprint density at radius 3 is 2.56 bits per heavy atom. The lowest BCUT2D eigenvalue weighted by molar-refractivity contribution is 0.370. The summed E-state index contributed by atoms with van der Waals surface area (Å²) in [5, 5.41) is 2.72. The van der Waals surface area contributed by atoms with Crippen LogP contribution in [0.4, 0.5) is 0 Å². The van der Waals surface area contributed by atoms with Gasteiger partial charge in [0.2, 0.25) is 0 Å². The quantitative estimate of drug-likeness (QED) is 0.765. The van der Waals surface area contributed by atoms with Crippen molar-refractivity contribution in [1.82, 2.24) is 4.90 Å². The van der Waals surface area contributed by atoms with Gasteiger partial charge in [-0.05, 0) is 35.4 Å². The van der Waals surface area contributed by atoms with Crippen LogP contribution in [0.5, 0.6) is 0 Å². The molecule has 0 fully saturated rings. The minimum absolute atomic E-state index is 0. The molecule has 0 aliphatic carbocycles. The van der Waals surface area contributed by atoms with Gasteiger partial charge in [-0.15, -0.1) is 17.0 Å². The van der Waals surface area contributed by atoms with Gasteiger partial charge in [-0.25, -0.2) is 0 Å². The molecule has 0 saturated carbocycles. The van der Waals surface area contributed by atoms with Crippen LogP contribution in [0.25, 0.3) is 16.3 Å². The predicted molar refractivity (Wildman–Crippen MR) is 84.4 cm³/mol. The van der Waals surface area contributed by atoms with Crippen LogP contribution in [0.1, 0.15) is 12.0 Å². The molecule has 2 aromatic rings. The molecule has 0 spiro atoms. The van der Waals surface area contributed by atoms with E-state index in [9.17, 15) is 0 Å². The molecule has 0 atom stereocenters. The molecule has 0 amide bonds. The largest absolute Gasteiger partial charge is 0.302 e. The fraction of sp³-hybridized carbons (Fsp3) is 0.250. The molecule has 2 heteroatoms. The third kappa shape index (κ3) is 2.50. The Bertz CT molecular complexity index is 569. The van der Waals surface area contributed by atoms with E-state index in [2.05, 4.69) is 60.5 Å². The van der Waals surface area contributed by atoms with Crippen molar-refractivity contribution in [1.29, 1.82) is 0 Å². The van der Waals surface area contributed by atoms with Gasteiger partial charge < -0.3 is 4.90 Å². The van der Waals surface area contributed by atoms with Crippen molar-refractivity contribution >= 4 is 33.3 Å². The second-order valence-electron chi connectivity index (χ2n) is 4.77. The van der Waals surface area contributed by atoms with E-state index in [1.807, 2.05) is 0 Å². The van der Waals surface area contributed by atoms with E-state index < -0.39 is 0 Å². The maximum absolute atomic E-state index is 2.37. The zero-order valence-corrected chi connectivity index (χ0v) is 12.3. The van der Waals surface area contributed by atoms with E-state index in [4.69, 9.17) is 0 Å². The summed E-state index contributed by atoms with van der Waals surface area (Å²) in [6.45, 7) is 2.23. The predicted octanol–water partition coefficient (Wildman–Crippen LogP) is 4.14. The van der Waals surface area contributed by atoms with Crippen molar-refractivity contribution in [3.63, 3.8) is 0 Å². The van der Waals surface area contributed by atoms with Crippen LogP contribution in [0.15, 0.2) is 48.5 Å². The fourth-order valence-corrected chi connectivity index (χ4v) is 2.52. The number of halogens is 1. The number of fused-ring (bicyclic) bond motifs is 1. The van der Waals surface area contributed by atoms with E-state index >= 15 is 0 Å². The second-order valence-corrected chi connectivity index (χ2v) is 4.77. The zero-order valence-electron chi connectivity index (χ0n) is 10.6. The van der Waals surface area contributed by atoms with Crippen molar-refractivity contribution in [3.8, 4) is 0 Å². The molecule has 1 aliphatic heterocycles. The van der Waals surface area contributed by atoms with Crippen LogP contribution >= 0.6 is 17.0 Å². The average Bonchev–Trinajstić information content (AvgIpc) is 2.39. The molecule has 3 rings (SSSR count). The average molecular weight is 304 g/mol. The van der Waals surface area contributed by atoms with Crippen molar-refractivity contribution in [2.75, 3.05) is 20.1 Å². The van der Waals surface area contributed by atoms with Crippen molar-refractivity contribution in [3.05, 3.63) is 54.1 Å². The lowest BCUT2D eigenvalue weighted by atomic mass is 9.94. The van der Waals surface area contributed by atoms with Gasteiger partial charge in [0.25, 0.3) is 0 Å². The van der Waals surface area contributed by atoms with E-state index in [1.165, 1.54) is 21.9 Å². The van der Waals surface area contributed by atoms with Crippen LogP contribution in [-0.4, -0.2) is 25.0 Å². The van der Waals surface area contributed by atoms with E-state index in [0.29, 0.717) is 0 Å². The summed E-state index contributed by atoms with van der Waals surface area (Å²) in [7, 11) is 2.18. The number of nitrogens with zero attached hydrogens (tertiary/aromatic N) is 1. The van der Waals surface area contributed by atoms with Crippen LogP contribution in [-0.2, 0) is 0 Å². The summed E-state index contributed by atoms with van der Waals surface area (Å²) in [5.74, 6) is 0. The Balaban J connectivity index is 0.00000120. The fourth-order valence-electron chi connectivity index (χ4n) is 2.52. The van der Waals surface area contributed by atoms with Gasteiger partial charge in [0.05, 0.1) is 0 Å². The van der Waals surface area contributed by atoms with Crippen molar-refractivity contribution < 1.29 is 0 Å². The molecule has 0 aromatic heterocycles. The number of hydrogen-bond acceptors (Lipinski definition) is 1. The number of benzene rings is 2. The smallest absolute Gasteiger partial charge is 0.0166 e. The molecule has 0 unspecified atom stereocenters. The van der Waals surface area contributed by atoms with Gasteiger partial charge in [-0.2, -0.15) is 0 Å². The first-order valence-corrected chi connectivity index (χ1v) is 6.20. The van der Waals surface area contributed by atoms with Gasteiger partial charge in [0, 0.05) is 13.1 Å². The Morgan fingerprint density at radius 2 is 1.78 bits per heavy atom. The van der Waals surface area contributed by atoms with Gasteiger partial charge >= 0.3 is 0 Å². The first kappa shape index (κ1) is 13.3. The van der Waals surface area contributed by atoms with Crippen molar-refractivity contribution in [2.45, 2.75) is 6.42 Å². The minimum Gasteiger partial charge on any atom is -0.302 e. The summed E-state index contributed by atoms with van der Waals surface area (Å²) < 4.78 is 0. The normalized spacial score (nSPS) is 16.2. The highest BCUT2D eigenvalue weighted by atomic mass is 79.9. The lowest BCUT2D eigenvalue weighted by Crippen LogP contribution is -2.23. The molecule has 1 aliphatic rings. The molecule has 0 bridgehead atoms. The van der Waals surface area contributed by atoms with Gasteiger partial charge in [0.1, 0.15) is 0 Å². The molecular weight excluding hydrogens is 286 g/mol. The summed E-state index contributed by atoms with van der Waals surface area (Å²) in [5.41, 5.74) is 2.91. The highest BCUT2D eigenvalue weighted by Crippen LogP contribution is 2.28. The molecule has 2 aromatic carbocycles. The van der Waals surface area contributed by atoms with E-state index in [1.54, 1.807) is 0 Å². The number of likely N-dealkylation sites (N-methyl/N-ethyl adjacent to an activating group) is 1. The monoisotopic (exact) mass is 303 g/mol. The lowest BCUT2D eigenvalue weighted by Gasteiger charge is -2.22. The first-order valence-electron chi connectivity index (χ1n) is 6.20. The number of rotatable bonds is 1. The molecule has 1 nitrogen and oxygen atoms in total. The third-order valence-electron chi connectivity index (χ3n) is 3.55. The van der Waals surface area contributed by atoms with E-state index in [0.717, 1.165) is 19.5 Å². The summed E-state index contributed by atoms with van der Waals surface area (Å²) in [6.07, 6.45) is 3.52. The zero-order chi connectivity index (χ0) is 11.7. The summed E-state index contributed by atoms with van der Waals surface area (Å²) in [4.78, 5) is 2.36. The van der Waals surface area contributed by atoms with Crippen LogP contribution in [0.3, 0.4) is 0 Å². The Labute approximate surface area is 119 Å². The highest BCUT2D eigenvalue weighted by molar-refractivity contribution is 8.93. The maximum Gasteiger partial charge on any atom is 0.0166 e. The van der Waals surface area contributed by atoms with Crippen LogP contribution in [0, 0.1) is 0 Å². The SMILES string of the molecule is Br.CN1CC=C(c2cccc3ccccc23)CC1. The molecule has 0 saturated heterocycles. The topological polar surface area (TPSA) is 3.24 Å².